The molecule has 0 bridgehead atoms. The number of anilines is 1. The van der Waals surface area contributed by atoms with Crippen LogP contribution in [-0.2, 0) is 9.59 Å². The van der Waals surface area contributed by atoms with Crippen LogP contribution in [0.1, 0.15) is 48.7 Å². The molecule has 1 saturated heterocycles. The fraction of sp³-hybridized carbons (Fsp3) is 0.318. The van der Waals surface area contributed by atoms with Gasteiger partial charge in [0.2, 0.25) is 11.6 Å². The molecular formula is C22H22FN3O3. The summed E-state index contributed by atoms with van der Waals surface area (Å²) < 4.78 is 13.2. The highest BCUT2D eigenvalue weighted by Gasteiger charge is 2.60. The van der Waals surface area contributed by atoms with Crippen molar-refractivity contribution in [3.8, 4) is 0 Å². The van der Waals surface area contributed by atoms with Crippen molar-refractivity contribution in [3.05, 3.63) is 65.5 Å². The lowest BCUT2D eigenvalue weighted by Gasteiger charge is -2.49. The Hall–Kier alpha value is -3.22. The molecule has 6 nitrogen and oxygen atoms in total. The molecule has 2 aliphatic rings. The number of amides is 3. The smallest absolute Gasteiger partial charge is 0.267 e. The fourth-order valence-corrected chi connectivity index (χ4v) is 4.35. The van der Waals surface area contributed by atoms with Crippen LogP contribution in [0.2, 0.25) is 0 Å². The number of carbonyl (C=O) groups is 3. The lowest BCUT2D eigenvalue weighted by molar-refractivity contribution is -0.134. The Bertz CT molecular complexity index is 991. The van der Waals surface area contributed by atoms with Crippen molar-refractivity contribution in [2.45, 2.75) is 38.4 Å². The van der Waals surface area contributed by atoms with Crippen LogP contribution in [-0.4, -0.2) is 34.8 Å². The Balaban J connectivity index is 1.75. The Morgan fingerprint density at radius 2 is 1.86 bits per heavy atom. The average Bonchev–Trinajstić information content (AvgIpc) is 3.07. The van der Waals surface area contributed by atoms with Gasteiger partial charge in [-0.15, -0.1) is 0 Å². The second-order valence-corrected chi connectivity index (χ2v) is 7.36. The summed E-state index contributed by atoms with van der Waals surface area (Å²) >= 11 is 0. The fourth-order valence-electron chi connectivity index (χ4n) is 4.35. The quantitative estimate of drug-likeness (QED) is 0.865. The molecule has 0 saturated carbocycles. The van der Waals surface area contributed by atoms with Crippen molar-refractivity contribution in [2.24, 2.45) is 0 Å². The van der Waals surface area contributed by atoms with E-state index >= 15 is 0 Å². The molecule has 29 heavy (non-hydrogen) atoms. The number of para-hydroxylation sites is 1. The van der Waals surface area contributed by atoms with Gasteiger partial charge >= 0.3 is 0 Å². The first-order chi connectivity index (χ1) is 13.9. The third-order valence-corrected chi connectivity index (χ3v) is 5.77. The summed E-state index contributed by atoms with van der Waals surface area (Å²) in [6.07, 6.45) is 0.401. The predicted molar refractivity (Wildman–Crippen MR) is 106 cm³/mol. The maximum atomic E-state index is 13.5. The molecule has 2 heterocycles. The van der Waals surface area contributed by atoms with E-state index in [9.17, 15) is 18.8 Å². The summed E-state index contributed by atoms with van der Waals surface area (Å²) in [5, 5.41) is 2.93. The summed E-state index contributed by atoms with van der Waals surface area (Å²) in [6, 6.07) is 12.3. The molecule has 0 aromatic heterocycles. The van der Waals surface area contributed by atoms with E-state index in [1.54, 1.807) is 50.2 Å². The van der Waals surface area contributed by atoms with Crippen LogP contribution >= 0.6 is 0 Å². The molecule has 2 atom stereocenters. The van der Waals surface area contributed by atoms with E-state index in [2.05, 4.69) is 5.32 Å². The lowest BCUT2D eigenvalue weighted by atomic mass is 9.95. The maximum absolute atomic E-state index is 13.5. The maximum Gasteiger partial charge on any atom is 0.267 e. The van der Waals surface area contributed by atoms with Gasteiger partial charge in [-0.25, -0.2) is 4.39 Å². The molecule has 0 radical (unpaired) electrons. The van der Waals surface area contributed by atoms with Crippen LogP contribution in [0.25, 0.3) is 0 Å². The third-order valence-electron chi connectivity index (χ3n) is 5.77. The van der Waals surface area contributed by atoms with E-state index in [0.29, 0.717) is 11.3 Å². The molecule has 2 aromatic rings. The van der Waals surface area contributed by atoms with E-state index in [0.717, 1.165) is 5.56 Å². The van der Waals surface area contributed by atoms with Gasteiger partial charge in [0.25, 0.3) is 11.8 Å². The van der Waals surface area contributed by atoms with Gasteiger partial charge in [0.1, 0.15) is 5.82 Å². The van der Waals surface area contributed by atoms with Gasteiger partial charge < -0.3 is 10.2 Å². The van der Waals surface area contributed by atoms with E-state index in [1.165, 1.54) is 21.9 Å². The number of rotatable bonds is 4. The summed E-state index contributed by atoms with van der Waals surface area (Å²) in [4.78, 5) is 42.5. The van der Waals surface area contributed by atoms with Crippen molar-refractivity contribution < 1.29 is 18.8 Å². The molecule has 0 unspecified atom stereocenters. The number of nitrogens with one attached hydrogen (secondary N) is 1. The number of nitrogens with zero attached hydrogens (tertiary/aromatic N) is 2. The highest BCUT2D eigenvalue weighted by molar-refractivity contribution is 6.16. The molecule has 2 aliphatic heterocycles. The minimum absolute atomic E-state index is 0.177. The Labute approximate surface area is 168 Å². The minimum atomic E-state index is -1.40. The number of benzene rings is 2. The first-order valence-corrected chi connectivity index (χ1v) is 9.70. The number of fused-ring (bicyclic) bond motifs is 3. The molecule has 150 valence electrons. The number of hydrogen-bond acceptors (Lipinski definition) is 3. The van der Waals surface area contributed by atoms with Crippen LogP contribution in [0.4, 0.5) is 10.1 Å². The zero-order valence-electron chi connectivity index (χ0n) is 16.3. The average molecular weight is 395 g/mol. The van der Waals surface area contributed by atoms with Crippen LogP contribution in [0.5, 0.6) is 0 Å². The molecule has 0 aliphatic carbocycles. The summed E-state index contributed by atoms with van der Waals surface area (Å²) in [6.45, 7) is 3.87. The monoisotopic (exact) mass is 395 g/mol. The van der Waals surface area contributed by atoms with Gasteiger partial charge in [-0.2, -0.15) is 0 Å². The van der Waals surface area contributed by atoms with Crippen molar-refractivity contribution >= 4 is 23.4 Å². The van der Waals surface area contributed by atoms with Gasteiger partial charge in [-0.1, -0.05) is 24.3 Å². The summed E-state index contributed by atoms with van der Waals surface area (Å²) in [7, 11) is 0. The first kappa shape index (κ1) is 19.1. The van der Waals surface area contributed by atoms with Crippen LogP contribution in [0.3, 0.4) is 0 Å². The first-order valence-electron chi connectivity index (χ1n) is 9.70. The van der Waals surface area contributed by atoms with Gasteiger partial charge in [0.15, 0.2) is 0 Å². The molecule has 3 amide bonds. The van der Waals surface area contributed by atoms with Crippen LogP contribution in [0.15, 0.2) is 48.5 Å². The molecule has 2 aromatic carbocycles. The van der Waals surface area contributed by atoms with Gasteiger partial charge in [0, 0.05) is 19.4 Å². The standard InChI is InChI=1S/C22H22FN3O3/c1-3-25-20(28)17-6-4-5-7-18(17)26-19(27)12-13-22(25,26)21(29)24-14(2)15-8-10-16(23)11-9-15/h4-11,14H,3,12-13H2,1-2H3,(H,24,29)/t14-,22-/m0/s1. The summed E-state index contributed by atoms with van der Waals surface area (Å²) in [5.41, 5.74) is 0.220. The van der Waals surface area contributed by atoms with Gasteiger partial charge in [-0.05, 0) is 43.7 Å². The second-order valence-electron chi connectivity index (χ2n) is 7.36. The summed E-state index contributed by atoms with van der Waals surface area (Å²) in [5.74, 6) is -1.22. The van der Waals surface area contributed by atoms with E-state index in [1.807, 2.05) is 0 Å². The van der Waals surface area contributed by atoms with Gasteiger partial charge in [0.05, 0.1) is 17.3 Å². The van der Waals surface area contributed by atoms with E-state index < -0.39 is 17.6 Å². The lowest BCUT2D eigenvalue weighted by Crippen LogP contribution is -2.70. The number of likely N-dealkylation sites (N-methyl/N-ethyl adjacent to an activating group) is 1. The Morgan fingerprint density at radius 3 is 2.55 bits per heavy atom. The molecular weight excluding hydrogens is 373 g/mol. The van der Waals surface area contributed by atoms with Gasteiger partial charge in [-0.3, -0.25) is 19.3 Å². The van der Waals surface area contributed by atoms with Crippen molar-refractivity contribution in [1.29, 1.82) is 0 Å². The third kappa shape index (κ3) is 2.80. The Morgan fingerprint density at radius 1 is 1.17 bits per heavy atom. The number of hydrogen-bond donors (Lipinski definition) is 1. The Kier molecular flexibility index (Phi) is 4.61. The second kappa shape index (κ2) is 6.99. The number of halogens is 1. The van der Waals surface area contributed by atoms with Crippen molar-refractivity contribution in [3.63, 3.8) is 0 Å². The highest BCUT2D eigenvalue weighted by Crippen LogP contribution is 2.44. The van der Waals surface area contributed by atoms with Crippen LogP contribution in [0, 0.1) is 5.82 Å². The molecule has 0 spiro atoms. The molecule has 7 heteroatoms. The largest absolute Gasteiger partial charge is 0.346 e. The zero-order chi connectivity index (χ0) is 20.8. The van der Waals surface area contributed by atoms with E-state index in [4.69, 9.17) is 0 Å². The zero-order valence-corrected chi connectivity index (χ0v) is 16.3. The molecule has 1 N–H and O–H groups in total. The van der Waals surface area contributed by atoms with Crippen LogP contribution < -0.4 is 10.2 Å². The van der Waals surface area contributed by atoms with Crippen molar-refractivity contribution in [2.75, 3.05) is 11.4 Å². The normalized spacial score (nSPS) is 21.6. The number of carbonyl (C=O) groups excluding carboxylic acids is 3. The minimum Gasteiger partial charge on any atom is -0.346 e. The molecule has 4 rings (SSSR count). The topological polar surface area (TPSA) is 69.7 Å². The van der Waals surface area contributed by atoms with Crippen molar-refractivity contribution in [1.82, 2.24) is 10.2 Å². The predicted octanol–water partition coefficient (Wildman–Crippen LogP) is 3.00. The molecule has 1 fully saturated rings. The highest BCUT2D eigenvalue weighted by atomic mass is 19.1. The SMILES string of the molecule is CCN1C(=O)c2ccccc2N2C(=O)CC[C@]12C(=O)N[C@@H](C)c1ccc(F)cc1. The van der Waals surface area contributed by atoms with E-state index in [-0.39, 0.29) is 37.0 Å².